The van der Waals surface area contributed by atoms with Gasteiger partial charge in [0.2, 0.25) is 21.8 Å². The summed E-state index contributed by atoms with van der Waals surface area (Å²) >= 11 is 25.4. The van der Waals surface area contributed by atoms with Crippen LogP contribution in [-0.2, 0) is 32.6 Å². The summed E-state index contributed by atoms with van der Waals surface area (Å²) in [6, 6.07) is 17.4. The maximum atomic E-state index is 14.1. The molecule has 1 N–H and O–H groups in total. The minimum absolute atomic E-state index is 0.0367. The minimum atomic E-state index is -4.01. The van der Waals surface area contributed by atoms with E-state index in [0.717, 1.165) is 16.1 Å². The third-order valence-corrected chi connectivity index (χ3v) is 8.59. The highest BCUT2D eigenvalue weighted by Crippen LogP contribution is 2.32. The van der Waals surface area contributed by atoms with Crippen molar-refractivity contribution in [3.8, 4) is 0 Å². The van der Waals surface area contributed by atoms with Crippen molar-refractivity contribution in [3.05, 3.63) is 97.9 Å². The molecule has 41 heavy (non-hydrogen) atoms. The molecular formula is C29H31Cl4N3O4S. The lowest BCUT2D eigenvalue weighted by Crippen LogP contribution is -2.53. The average molecular weight is 659 g/mol. The largest absolute Gasteiger partial charge is 0.354 e. The standard InChI is InChI=1S/C29H31Cl4N3O4S/c1-19(2)16-34-29(38)27(14-20-8-5-4-6-9-20)35(17-22-23(31)10-7-11-24(22)32)28(37)18-36(41(3,39)40)26-15-21(30)12-13-25(26)33/h4-13,15,19,27H,14,16-18H2,1-3H3,(H,34,38). The number of hydrogen-bond donors (Lipinski definition) is 1. The van der Waals surface area contributed by atoms with Crippen LogP contribution in [0.2, 0.25) is 20.1 Å². The Morgan fingerprint density at radius 2 is 1.51 bits per heavy atom. The molecule has 7 nitrogen and oxygen atoms in total. The van der Waals surface area contributed by atoms with Gasteiger partial charge in [-0.3, -0.25) is 13.9 Å². The van der Waals surface area contributed by atoms with Gasteiger partial charge in [-0.25, -0.2) is 8.42 Å². The molecule has 12 heteroatoms. The Labute approximate surface area is 261 Å². The van der Waals surface area contributed by atoms with Crippen molar-refractivity contribution in [2.75, 3.05) is 23.7 Å². The van der Waals surface area contributed by atoms with Crippen molar-refractivity contribution in [2.24, 2.45) is 5.92 Å². The molecule has 0 saturated carbocycles. The van der Waals surface area contributed by atoms with Gasteiger partial charge in [0.15, 0.2) is 0 Å². The van der Waals surface area contributed by atoms with Crippen molar-refractivity contribution >= 4 is 73.9 Å². The third-order valence-electron chi connectivity index (χ3n) is 6.20. The average Bonchev–Trinajstić information content (AvgIpc) is 2.90. The summed E-state index contributed by atoms with van der Waals surface area (Å²) < 4.78 is 26.7. The Morgan fingerprint density at radius 1 is 0.878 bits per heavy atom. The van der Waals surface area contributed by atoms with E-state index in [4.69, 9.17) is 46.4 Å². The van der Waals surface area contributed by atoms with Crippen LogP contribution in [0, 0.1) is 5.92 Å². The number of anilines is 1. The number of benzene rings is 3. The summed E-state index contributed by atoms with van der Waals surface area (Å²) in [7, 11) is -4.01. The number of sulfonamides is 1. The van der Waals surface area contributed by atoms with Gasteiger partial charge >= 0.3 is 0 Å². The molecule has 0 aliphatic heterocycles. The Kier molecular flexibility index (Phi) is 11.8. The molecule has 0 aliphatic rings. The van der Waals surface area contributed by atoms with Crippen LogP contribution < -0.4 is 9.62 Å². The SMILES string of the molecule is CC(C)CNC(=O)C(Cc1ccccc1)N(Cc1c(Cl)cccc1Cl)C(=O)CN(c1cc(Cl)ccc1Cl)S(C)(=O)=O. The van der Waals surface area contributed by atoms with E-state index in [1.807, 2.05) is 44.2 Å². The number of hydrogen-bond acceptors (Lipinski definition) is 4. The van der Waals surface area contributed by atoms with Crippen molar-refractivity contribution in [3.63, 3.8) is 0 Å². The molecule has 1 unspecified atom stereocenters. The predicted molar refractivity (Wildman–Crippen MR) is 167 cm³/mol. The molecule has 220 valence electrons. The fourth-order valence-electron chi connectivity index (χ4n) is 4.10. The molecule has 0 heterocycles. The zero-order valence-corrected chi connectivity index (χ0v) is 26.6. The van der Waals surface area contributed by atoms with Gasteiger partial charge in [0.05, 0.1) is 17.0 Å². The van der Waals surface area contributed by atoms with Gasteiger partial charge in [-0.15, -0.1) is 0 Å². The molecule has 3 rings (SSSR count). The van der Waals surface area contributed by atoms with E-state index in [9.17, 15) is 18.0 Å². The molecular weight excluding hydrogens is 628 g/mol. The van der Waals surface area contributed by atoms with Gasteiger partial charge in [0.1, 0.15) is 12.6 Å². The zero-order chi connectivity index (χ0) is 30.3. The predicted octanol–water partition coefficient (Wildman–Crippen LogP) is 6.48. The molecule has 0 spiro atoms. The van der Waals surface area contributed by atoms with E-state index in [1.54, 1.807) is 18.2 Å². The van der Waals surface area contributed by atoms with Gasteiger partial charge < -0.3 is 10.2 Å². The second-order valence-electron chi connectivity index (χ2n) is 9.93. The number of nitrogens with one attached hydrogen (secondary N) is 1. The Hall–Kier alpha value is -2.49. The summed E-state index contributed by atoms with van der Waals surface area (Å²) in [6.07, 6.45) is 1.12. The Bertz CT molecular complexity index is 1470. The van der Waals surface area contributed by atoms with Crippen LogP contribution in [0.5, 0.6) is 0 Å². The van der Waals surface area contributed by atoms with E-state index in [0.29, 0.717) is 22.2 Å². The van der Waals surface area contributed by atoms with Crippen molar-refractivity contribution in [1.29, 1.82) is 0 Å². The van der Waals surface area contributed by atoms with E-state index < -0.39 is 34.4 Å². The zero-order valence-electron chi connectivity index (χ0n) is 22.8. The second kappa shape index (κ2) is 14.6. The van der Waals surface area contributed by atoms with Gasteiger partial charge in [-0.2, -0.15) is 0 Å². The van der Waals surface area contributed by atoms with Crippen LogP contribution in [0.25, 0.3) is 0 Å². The first-order valence-corrected chi connectivity index (χ1v) is 16.1. The molecule has 3 aromatic rings. The maximum absolute atomic E-state index is 14.1. The monoisotopic (exact) mass is 657 g/mol. The second-order valence-corrected chi connectivity index (χ2v) is 13.5. The number of carbonyl (C=O) groups excluding carboxylic acids is 2. The van der Waals surface area contributed by atoms with Crippen LogP contribution in [0.4, 0.5) is 5.69 Å². The summed E-state index contributed by atoms with van der Waals surface area (Å²) in [5, 5.41) is 3.84. The highest BCUT2D eigenvalue weighted by Gasteiger charge is 2.34. The van der Waals surface area contributed by atoms with Crippen LogP contribution in [0.1, 0.15) is 25.0 Å². The Morgan fingerprint density at radius 3 is 2.10 bits per heavy atom. The summed E-state index contributed by atoms with van der Waals surface area (Å²) in [4.78, 5) is 29.1. The lowest BCUT2D eigenvalue weighted by molar-refractivity contribution is -0.140. The molecule has 0 fully saturated rings. The number of amides is 2. The topological polar surface area (TPSA) is 86.8 Å². The number of nitrogens with zero attached hydrogens (tertiary/aromatic N) is 2. The first-order valence-electron chi connectivity index (χ1n) is 12.7. The number of halogens is 4. The van der Waals surface area contributed by atoms with Gasteiger partial charge in [0, 0.05) is 40.1 Å². The third kappa shape index (κ3) is 9.25. The molecule has 0 bridgehead atoms. The van der Waals surface area contributed by atoms with Gasteiger partial charge in [0.25, 0.3) is 0 Å². The number of carbonyl (C=O) groups is 2. The molecule has 2 amide bonds. The molecule has 1 atom stereocenters. The van der Waals surface area contributed by atoms with Crippen LogP contribution in [0.15, 0.2) is 66.7 Å². The molecule has 0 aromatic heterocycles. The van der Waals surface area contributed by atoms with E-state index in [-0.39, 0.29) is 34.6 Å². The highest BCUT2D eigenvalue weighted by atomic mass is 35.5. The van der Waals surface area contributed by atoms with Crippen LogP contribution in [-0.4, -0.2) is 50.5 Å². The Balaban J connectivity index is 2.12. The lowest BCUT2D eigenvalue weighted by atomic mass is 10.0. The maximum Gasteiger partial charge on any atom is 0.244 e. The van der Waals surface area contributed by atoms with E-state index in [1.165, 1.54) is 23.1 Å². The van der Waals surface area contributed by atoms with Crippen molar-refractivity contribution < 1.29 is 18.0 Å². The molecule has 0 radical (unpaired) electrons. The lowest BCUT2D eigenvalue weighted by Gasteiger charge is -2.34. The smallest absolute Gasteiger partial charge is 0.244 e. The minimum Gasteiger partial charge on any atom is -0.354 e. The summed E-state index contributed by atoms with van der Waals surface area (Å²) in [5.41, 5.74) is 1.26. The van der Waals surface area contributed by atoms with Crippen LogP contribution in [0.3, 0.4) is 0 Å². The van der Waals surface area contributed by atoms with Crippen molar-refractivity contribution in [2.45, 2.75) is 32.9 Å². The van der Waals surface area contributed by atoms with Gasteiger partial charge in [-0.1, -0.05) is 96.6 Å². The fraction of sp³-hybridized carbons (Fsp3) is 0.310. The molecule has 3 aromatic carbocycles. The highest BCUT2D eigenvalue weighted by molar-refractivity contribution is 7.92. The molecule has 0 aliphatic carbocycles. The quantitative estimate of drug-likeness (QED) is 0.241. The summed E-state index contributed by atoms with van der Waals surface area (Å²) in [5.74, 6) is -0.905. The van der Waals surface area contributed by atoms with E-state index >= 15 is 0 Å². The fourth-order valence-corrected chi connectivity index (χ4v) is 5.91. The normalized spacial score (nSPS) is 12.2. The first-order chi connectivity index (χ1) is 19.3. The molecule has 0 saturated heterocycles. The van der Waals surface area contributed by atoms with Crippen molar-refractivity contribution in [1.82, 2.24) is 10.2 Å². The van der Waals surface area contributed by atoms with E-state index in [2.05, 4.69) is 5.32 Å². The summed E-state index contributed by atoms with van der Waals surface area (Å²) in [6.45, 7) is 3.50. The first kappa shape index (κ1) is 33.0. The van der Waals surface area contributed by atoms with Crippen LogP contribution >= 0.6 is 46.4 Å². The number of rotatable bonds is 12. The van der Waals surface area contributed by atoms with Gasteiger partial charge in [-0.05, 0) is 41.8 Å².